The number of benzene rings is 3. The van der Waals surface area contributed by atoms with Gasteiger partial charge < -0.3 is 14.8 Å². The molecule has 1 N–H and O–H groups in total. The molecule has 36 heavy (non-hydrogen) atoms. The van der Waals surface area contributed by atoms with Crippen molar-refractivity contribution in [1.29, 1.82) is 0 Å². The van der Waals surface area contributed by atoms with Crippen LogP contribution in [0.4, 0.5) is 11.4 Å². The van der Waals surface area contributed by atoms with Crippen molar-refractivity contribution in [3.05, 3.63) is 94.7 Å². The smallest absolute Gasteiger partial charge is 0.343 e. The number of anilines is 2. The maximum Gasteiger partial charge on any atom is 0.343 e. The Morgan fingerprint density at radius 2 is 1.50 bits per heavy atom. The van der Waals surface area contributed by atoms with Crippen molar-refractivity contribution in [3.8, 4) is 11.5 Å². The number of hydrogen-bond acceptors (Lipinski definition) is 6. The van der Waals surface area contributed by atoms with Crippen LogP contribution in [0.3, 0.4) is 0 Å². The zero-order valence-electron chi connectivity index (χ0n) is 19.9. The number of esters is 1. The van der Waals surface area contributed by atoms with Crippen LogP contribution in [0.25, 0.3) is 0 Å². The first kappa shape index (κ1) is 25.0. The lowest BCUT2D eigenvalue weighted by Gasteiger charge is -2.15. The van der Waals surface area contributed by atoms with E-state index in [1.54, 1.807) is 60.7 Å². The first-order valence-electron chi connectivity index (χ1n) is 11.6. The SMILES string of the molecule is CCCc1ccc(OC(=O)c2ccc(NC3=C(Cl)C(=O)N(c4ccc(OCC)cc4)C3=O)cc2)cc1. The topological polar surface area (TPSA) is 84.9 Å². The van der Waals surface area contributed by atoms with Gasteiger partial charge in [-0.1, -0.05) is 37.1 Å². The number of hydrogen-bond donors (Lipinski definition) is 1. The third-order valence-corrected chi connectivity index (χ3v) is 5.85. The van der Waals surface area contributed by atoms with E-state index in [0.717, 1.165) is 17.7 Å². The Bertz CT molecular complexity index is 1300. The van der Waals surface area contributed by atoms with Crippen LogP contribution >= 0.6 is 11.6 Å². The van der Waals surface area contributed by atoms with Gasteiger partial charge in [0.2, 0.25) is 0 Å². The largest absolute Gasteiger partial charge is 0.494 e. The van der Waals surface area contributed by atoms with Crippen molar-refractivity contribution in [1.82, 2.24) is 0 Å². The molecule has 0 saturated carbocycles. The van der Waals surface area contributed by atoms with Crippen molar-refractivity contribution in [2.45, 2.75) is 26.7 Å². The Morgan fingerprint density at radius 1 is 0.861 bits per heavy atom. The quantitative estimate of drug-likeness (QED) is 0.229. The molecule has 7 nitrogen and oxygen atoms in total. The number of rotatable bonds is 9. The molecular formula is C28H25ClN2O5. The summed E-state index contributed by atoms with van der Waals surface area (Å²) in [7, 11) is 0. The molecule has 0 bridgehead atoms. The Labute approximate surface area is 214 Å². The second-order valence-electron chi connectivity index (χ2n) is 8.05. The molecule has 0 aliphatic carbocycles. The van der Waals surface area contributed by atoms with E-state index >= 15 is 0 Å². The first-order chi connectivity index (χ1) is 17.4. The number of ether oxygens (including phenoxy) is 2. The molecule has 0 unspecified atom stereocenters. The van der Waals surface area contributed by atoms with Crippen molar-refractivity contribution >= 4 is 40.8 Å². The molecule has 4 rings (SSSR count). The fourth-order valence-corrected chi connectivity index (χ4v) is 3.93. The van der Waals surface area contributed by atoms with Crippen LogP contribution in [0.2, 0.25) is 0 Å². The number of nitrogens with one attached hydrogen (secondary N) is 1. The molecule has 0 saturated heterocycles. The van der Waals surface area contributed by atoms with Gasteiger partial charge in [0, 0.05) is 5.69 Å². The van der Waals surface area contributed by atoms with E-state index in [2.05, 4.69) is 12.2 Å². The molecule has 8 heteroatoms. The summed E-state index contributed by atoms with van der Waals surface area (Å²) < 4.78 is 10.8. The lowest BCUT2D eigenvalue weighted by molar-refractivity contribution is -0.120. The Kier molecular flexibility index (Phi) is 7.71. The van der Waals surface area contributed by atoms with Gasteiger partial charge in [-0.15, -0.1) is 0 Å². The molecule has 0 spiro atoms. The average molecular weight is 505 g/mol. The highest BCUT2D eigenvalue weighted by Crippen LogP contribution is 2.31. The minimum absolute atomic E-state index is 0.0435. The summed E-state index contributed by atoms with van der Waals surface area (Å²) in [5.41, 5.74) is 2.34. The Balaban J connectivity index is 1.42. The highest BCUT2D eigenvalue weighted by molar-refractivity contribution is 6.53. The molecule has 1 aliphatic rings. The van der Waals surface area contributed by atoms with Gasteiger partial charge in [0.1, 0.15) is 22.2 Å². The number of aryl methyl sites for hydroxylation is 1. The van der Waals surface area contributed by atoms with Crippen LogP contribution in [0.5, 0.6) is 11.5 Å². The van der Waals surface area contributed by atoms with Crippen LogP contribution < -0.4 is 19.7 Å². The summed E-state index contributed by atoms with van der Waals surface area (Å²) in [5, 5.41) is 2.68. The van der Waals surface area contributed by atoms with E-state index < -0.39 is 17.8 Å². The lowest BCUT2D eigenvalue weighted by Crippen LogP contribution is -2.32. The minimum atomic E-state index is -0.626. The van der Waals surface area contributed by atoms with E-state index in [4.69, 9.17) is 21.1 Å². The average Bonchev–Trinajstić information content (AvgIpc) is 3.09. The Hall–Kier alpha value is -4.10. The third kappa shape index (κ3) is 5.42. The first-order valence-corrected chi connectivity index (χ1v) is 12.0. The number of carbonyl (C=O) groups is 3. The summed E-state index contributed by atoms with van der Waals surface area (Å²) in [6.07, 6.45) is 2.01. The van der Waals surface area contributed by atoms with E-state index in [9.17, 15) is 14.4 Å². The molecule has 3 aromatic rings. The van der Waals surface area contributed by atoms with Gasteiger partial charge in [-0.05, 0) is 79.6 Å². The monoisotopic (exact) mass is 504 g/mol. The highest BCUT2D eigenvalue weighted by Gasteiger charge is 2.39. The molecule has 1 heterocycles. The van der Waals surface area contributed by atoms with E-state index in [0.29, 0.717) is 35.0 Å². The molecule has 0 radical (unpaired) electrons. The maximum atomic E-state index is 13.0. The van der Waals surface area contributed by atoms with Gasteiger partial charge in [-0.3, -0.25) is 9.59 Å². The van der Waals surface area contributed by atoms with Crippen LogP contribution in [-0.4, -0.2) is 24.4 Å². The van der Waals surface area contributed by atoms with Gasteiger partial charge in [0.25, 0.3) is 11.8 Å². The second kappa shape index (κ2) is 11.1. The fourth-order valence-electron chi connectivity index (χ4n) is 3.72. The third-order valence-electron chi connectivity index (χ3n) is 5.50. The number of halogens is 1. The van der Waals surface area contributed by atoms with Gasteiger partial charge >= 0.3 is 5.97 Å². The lowest BCUT2D eigenvalue weighted by atomic mass is 10.1. The summed E-state index contributed by atoms with van der Waals surface area (Å²) >= 11 is 6.21. The van der Waals surface area contributed by atoms with Crippen molar-refractivity contribution in [3.63, 3.8) is 0 Å². The summed E-state index contributed by atoms with van der Waals surface area (Å²) in [6, 6.07) is 20.3. The summed E-state index contributed by atoms with van der Waals surface area (Å²) in [4.78, 5) is 39.2. The predicted octanol–water partition coefficient (Wildman–Crippen LogP) is 5.69. The van der Waals surface area contributed by atoms with Gasteiger partial charge in [0.15, 0.2) is 0 Å². The zero-order valence-corrected chi connectivity index (χ0v) is 20.7. The highest BCUT2D eigenvalue weighted by atomic mass is 35.5. The number of nitrogens with zero attached hydrogens (tertiary/aromatic N) is 1. The summed E-state index contributed by atoms with van der Waals surface area (Å²) in [5.74, 6) is -0.619. The van der Waals surface area contributed by atoms with E-state index in [1.807, 2.05) is 19.1 Å². The number of imide groups is 1. The van der Waals surface area contributed by atoms with E-state index in [-0.39, 0.29) is 10.7 Å². The fraction of sp³-hybridized carbons (Fsp3) is 0.179. The molecule has 0 aromatic heterocycles. The van der Waals surface area contributed by atoms with Gasteiger partial charge in [0.05, 0.1) is 17.9 Å². The van der Waals surface area contributed by atoms with Crippen molar-refractivity contribution in [2.75, 3.05) is 16.8 Å². The van der Waals surface area contributed by atoms with E-state index in [1.165, 1.54) is 5.56 Å². The molecule has 0 fully saturated rings. The predicted molar refractivity (Wildman–Crippen MR) is 138 cm³/mol. The van der Waals surface area contributed by atoms with Crippen LogP contribution in [0, 0.1) is 0 Å². The minimum Gasteiger partial charge on any atom is -0.494 e. The zero-order chi connectivity index (χ0) is 25.7. The van der Waals surface area contributed by atoms with Crippen molar-refractivity contribution in [2.24, 2.45) is 0 Å². The molecule has 2 amide bonds. The number of carbonyl (C=O) groups excluding carboxylic acids is 3. The molecule has 0 atom stereocenters. The molecule has 1 aliphatic heterocycles. The molecule has 3 aromatic carbocycles. The number of amides is 2. The van der Waals surface area contributed by atoms with Crippen molar-refractivity contribution < 1.29 is 23.9 Å². The standard InChI is InChI=1S/C28H25ClN2O5/c1-3-5-18-6-14-23(15-7-18)36-28(34)19-8-10-20(11-9-19)30-25-24(29)26(32)31(27(25)33)21-12-16-22(17-13-21)35-4-2/h6-17,30H,3-5H2,1-2H3. The summed E-state index contributed by atoms with van der Waals surface area (Å²) in [6.45, 7) is 4.48. The maximum absolute atomic E-state index is 13.0. The second-order valence-corrected chi connectivity index (χ2v) is 8.43. The van der Waals surface area contributed by atoms with Crippen LogP contribution in [-0.2, 0) is 16.0 Å². The Morgan fingerprint density at radius 3 is 2.11 bits per heavy atom. The molecule has 184 valence electrons. The normalized spacial score (nSPS) is 13.2. The van der Waals surface area contributed by atoms with Crippen LogP contribution in [0.1, 0.15) is 36.2 Å². The van der Waals surface area contributed by atoms with Gasteiger partial charge in [-0.25, -0.2) is 9.69 Å². The van der Waals surface area contributed by atoms with Crippen LogP contribution in [0.15, 0.2) is 83.5 Å². The molecular weight excluding hydrogens is 480 g/mol. The van der Waals surface area contributed by atoms with Gasteiger partial charge in [-0.2, -0.15) is 0 Å².